The summed E-state index contributed by atoms with van der Waals surface area (Å²) in [6.07, 6.45) is 3.11. The lowest BCUT2D eigenvalue weighted by Gasteiger charge is -2.05. The van der Waals surface area contributed by atoms with E-state index in [0.717, 1.165) is 17.0 Å². The first kappa shape index (κ1) is 15.3. The maximum atomic E-state index is 12.8. The molecule has 0 radical (unpaired) electrons. The number of fused-ring (bicyclic) bond motifs is 2. The molecule has 9 heteroatoms. The van der Waals surface area contributed by atoms with Gasteiger partial charge in [0.25, 0.3) is 0 Å². The summed E-state index contributed by atoms with van der Waals surface area (Å²) in [5.74, 6) is -1.07. The van der Waals surface area contributed by atoms with Crippen molar-refractivity contribution >= 4 is 23.1 Å². The van der Waals surface area contributed by atoms with Crippen LogP contribution in [0.2, 0.25) is 0 Å². The van der Waals surface area contributed by atoms with Gasteiger partial charge in [0.05, 0.1) is 12.7 Å². The van der Waals surface area contributed by atoms with Gasteiger partial charge in [0.1, 0.15) is 11.2 Å². The lowest BCUT2D eigenvalue weighted by molar-refractivity contribution is 0.0403. The predicted molar refractivity (Wildman–Crippen MR) is 85.1 cm³/mol. The number of ether oxygens (including phenoxy) is 1. The summed E-state index contributed by atoms with van der Waals surface area (Å²) in [6, 6.07) is 3.44. The van der Waals surface area contributed by atoms with Gasteiger partial charge in [-0.15, -0.1) is 5.10 Å². The highest BCUT2D eigenvalue weighted by atomic mass is 16.7. The van der Waals surface area contributed by atoms with Crippen molar-refractivity contribution in [2.45, 2.75) is 26.3 Å². The molecule has 3 aromatic rings. The Labute approximate surface area is 142 Å². The van der Waals surface area contributed by atoms with Gasteiger partial charge in [-0.2, -0.15) is 0 Å². The second-order valence-electron chi connectivity index (χ2n) is 5.73. The van der Waals surface area contributed by atoms with Gasteiger partial charge >= 0.3 is 11.9 Å². The van der Waals surface area contributed by atoms with Crippen LogP contribution in [0, 0.1) is 6.92 Å². The molecule has 1 aliphatic rings. The minimum atomic E-state index is -0.601. The van der Waals surface area contributed by atoms with E-state index in [1.165, 1.54) is 7.11 Å². The first-order valence-electron chi connectivity index (χ1n) is 7.81. The minimum Gasteiger partial charge on any atom is -0.464 e. The minimum absolute atomic E-state index is 0.345. The third kappa shape index (κ3) is 2.27. The molecule has 0 N–H and O–H groups in total. The SMILES string of the molecule is COC(=O)c1c(C)c(C(=O)On2nnc3cccnc32)c2n1CCC2. The van der Waals surface area contributed by atoms with E-state index >= 15 is 0 Å². The Balaban J connectivity index is 1.75. The summed E-state index contributed by atoms with van der Waals surface area (Å²) < 4.78 is 6.68. The van der Waals surface area contributed by atoms with Gasteiger partial charge in [-0.3, -0.25) is 0 Å². The molecule has 4 heterocycles. The zero-order valence-corrected chi connectivity index (χ0v) is 13.7. The molecule has 0 bridgehead atoms. The number of methoxy groups -OCH3 is 1. The van der Waals surface area contributed by atoms with Crippen LogP contribution >= 0.6 is 0 Å². The topological polar surface area (TPSA) is 101 Å². The van der Waals surface area contributed by atoms with E-state index in [1.54, 1.807) is 25.3 Å². The third-order valence-corrected chi connectivity index (χ3v) is 4.34. The van der Waals surface area contributed by atoms with E-state index in [1.807, 2.05) is 4.57 Å². The molecule has 0 saturated heterocycles. The monoisotopic (exact) mass is 341 g/mol. The van der Waals surface area contributed by atoms with E-state index in [2.05, 4.69) is 15.3 Å². The molecule has 3 aromatic heterocycles. The van der Waals surface area contributed by atoms with Crippen molar-refractivity contribution in [3.05, 3.63) is 40.8 Å². The molecule has 0 aromatic carbocycles. The Kier molecular flexibility index (Phi) is 3.48. The maximum Gasteiger partial charge on any atom is 0.367 e. The van der Waals surface area contributed by atoms with Crippen LogP contribution in [0.3, 0.4) is 0 Å². The molecule has 0 fully saturated rings. The number of esters is 1. The number of aromatic nitrogens is 5. The first-order valence-corrected chi connectivity index (χ1v) is 7.81. The smallest absolute Gasteiger partial charge is 0.367 e. The molecule has 25 heavy (non-hydrogen) atoms. The average molecular weight is 341 g/mol. The summed E-state index contributed by atoms with van der Waals surface area (Å²) in [7, 11) is 1.32. The Morgan fingerprint density at radius 2 is 2.12 bits per heavy atom. The van der Waals surface area contributed by atoms with Crippen LogP contribution in [-0.2, 0) is 17.7 Å². The fourth-order valence-electron chi connectivity index (χ4n) is 3.28. The van der Waals surface area contributed by atoms with Crippen molar-refractivity contribution in [1.29, 1.82) is 0 Å². The zero-order chi connectivity index (χ0) is 17.6. The number of rotatable bonds is 3. The van der Waals surface area contributed by atoms with E-state index in [-0.39, 0.29) is 0 Å². The molecule has 0 aliphatic carbocycles. The van der Waals surface area contributed by atoms with Gasteiger partial charge in [-0.05, 0) is 47.5 Å². The van der Waals surface area contributed by atoms with Crippen molar-refractivity contribution in [3.8, 4) is 0 Å². The maximum absolute atomic E-state index is 12.8. The van der Waals surface area contributed by atoms with Crippen molar-refractivity contribution in [1.82, 2.24) is 24.7 Å². The van der Waals surface area contributed by atoms with Gasteiger partial charge < -0.3 is 14.1 Å². The van der Waals surface area contributed by atoms with E-state index in [4.69, 9.17) is 9.57 Å². The molecule has 128 valence electrons. The standard InChI is InChI=1S/C16H15N5O4/c1-9-12(11-6-4-8-20(11)13(9)16(23)24-2)15(22)25-21-14-10(18-19-21)5-3-7-17-14/h3,5,7H,4,6,8H2,1-2H3. The molecule has 0 saturated carbocycles. The number of pyridine rings is 1. The zero-order valence-electron chi connectivity index (χ0n) is 13.7. The molecule has 0 spiro atoms. The van der Waals surface area contributed by atoms with Crippen molar-refractivity contribution in [2.75, 3.05) is 7.11 Å². The summed E-state index contributed by atoms with van der Waals surface area (Å²) in [6.45, 7) is 2.38. The second kappa shape index (κ2) is 5.69. The van der Waals surface area contributed by atoms with Crippen molar-refractivity contribution in [2.24, 2.45) is 0 Å². The van der Waals surface area contributed by atoms with E-state index in [0.29, 0.717) is 41.0 Å². The number of hydrogen-bond donors (Lipinski definition) is 0. The Bertz CT molecular complexity index is 1000. The molecular weight excluding hydrogens is 326 g/mol. The van der Waals surface area contributed by atoms with Crippen LogP contribution in [0.25, 0.3) is 11.2 Å². The predicted octanol–water partition coefficient (Wildman–Crippen LogP) is 0.938. The Hall–Kier alpha value is -3.23. The molecule has 1 aliphatic heterocycles. The molecule has 0 amide bonds. The van der Waals surface area contributed by atoms with Crippen LogP contribution in [0.15, 0.2) is 18.3 Å². The van der Waals surface area contributed by atoms with Crippen LogP contribution < -0.4 is 4.84 Å². The van der Waals surface area contributed by atoms with Crippen LogP contribution in [0.4, 0.5) is 0 Å². The number of hydrogen-bond acceptors (Lipinski definition) is 7. The lowest BCUT2D eigenvalue weighted by Crippen LogP contribution is -2.22. The Morgan fingerprint density at radius 1 is 1.28 bits per heavy atom. The average Bonchev–Trinajstić information content (AvgIpc) is 3.29. The molecular formula is C16H15N5O4. The quantitative estimate of drug-likeness (QED) is 0.516. The van der Waals surface area contributed by atoms with Gasteiger partial charge in [0.2, 0.25) is 5.65 Å². The van der Waals surface area contributed by atoms with E-state index < -0.39 is 11.9 Å². The fourth-order valence-corrected chi connectivity index (χ4v) is 3.28. The number of nitrogens with zero attached hydrogens (tertiary/aromatic N) is 5. The highest BCUT2D eigenvalue weighted by molar-refractivity contribution is 5.99. The van der Waals surface area contributed by atoms with Gasteiger partial charge in [-0.25, -0.2) is 14.6 Å². The normalized spacial score (nSPS) is 13.0. The largest absolute Gasteiger partial charge is 0.464 e. The lowest BCUT2D eigenvalue weighted by atomic mass is 10.1. The number of carbonyl (C=O) groups excluding carboxylic acids is 2. The van der Waals surface area contributed by atoms with Crippen LogP contribution in [0.5, 0.6) is 0 Å². The van der Waals surface area contributed by atoms with Crippen molar-refractivity contribution in [3.63, 3.8) is 0 Å². The summed E-state index contributed by atoms with van der Waals surface area (Å²) in [4.78, 5) is 35.3. The fraction of sp³-hybridized carbons (Fsp3) is 0.312. The highest BCUT2D eigenvalue weighted by Gasteiger charge is 2.32. The first-order chi connectivity index (χ1) is 12.1. The van der Waals surface area contributed by atoms with E-state index in [9.17, 15) is 9.59 Å². The summed E-state index contributed by atoms with van der Waals surface area (Å²) in [5.41, 5.74) is 2.95. The molecule has 4 rings (SSSR count). The number of carbonyl (C=O) groups is 2. The van der Waals surface area contributed by atoms with Crippen LogP contribution in [0.1, 0.15) is 38.5 Å². The molecule has 0 unspecified atom stereocenters. The second-order valence-corrected chi connectivity index (χ2v) is 5.73. The summed E-state index contributed by atoms with van der Waals surface area (Å²) >= 11 is 0. The van der Waals surface area contributed by atoms with Gasteiger partial charge in [0.15, 0.2) is 0 Å². The molecule has 9 nitrogen and oxygen atoms in total. The van der Waals surface area contributed by atoms with Crippen LogP contribution in [-0.4, -0.2) is 43.8 Å². The Morgan fingerprint density at radius 3 is 2.92 bits per heavy atom. The third-order valence-electron chi connectivity index (χ3n) is 4.34. The van der Waals surface area contributed by atoms with Gasteiger partial charge in [-0.1, -0.05) is 0 Å². The molecule has 0 atom stereocenters. The van der Waals surface area contributed by atoms with Crippen molar-refractivity contribution < 1.29 is 19.2 Å². The van der Waals surface area contributed by atoms with Gasteiger partial charge in [0, 0.05) is 18.4 Å². The highest BCUT2D eigenvalue weighted by Crippen LogP contribution is 2.29. The summed E-state index contributed by atoms with van der Waals surface area (Å²) in [5, 5.41) is 7.71.